The molecule has 0 radical (unpaired) electrons. The van der Waals surface area contributed by atoms with Crippen molar-refractivity contribution in [2.45, 2.75) is 25.8 Å². The van der Waals surface area contributed by atoms with Crippen molar-refractivity contribution in [3.05, 3.63) is 44.9 Å². The van der Waals surface area contributed by atoms with Crippen LogP contribution in [0.5, 0.6) is 0 Å². The minimum atomic E-state index is 0.301. The van der Waals surface area contributed by atoms with Crippen LogP contribution in [0.2, 0.25) is 5.02 Å². The summed E-state index contributed by atoms with van der Waals surface area (Å²) in [6, 6.07) is 8.17. The monoisotopic (exact) mass is 281 g/mol. The van der Waals surface area contributed by atoms with Gasteiger partial charge in [0.25, 0.3) is 0 Å². The Labute approximate surface area is 116 Å². The Balaban J connectivity index is 2.11. The summed E-state index contributed by atoms with van der Waals surface area (Å²) in [5, 5.41) is 14.6. The molecule has 0 aliphatic heterocycles. The normalized spacial score (nSPS) is 12.6. The Bertz CT molecular complexity index is 508. The summed E-state index contributed by atoms with van der Waals surface area (Å²) in [7, 11) is 1.95. The summed E-state index contributed by atoms with van der Waals surface area (Å²) >= 11 is 7.63. The maximum Gasteiger partial charge on any atom is 0.134 e. The van der Waals surface area contributed by atoms with Crippen molar-refractivity contribution in [2.75, 3.05) is 7.05 Å². The molecule has 1 atom stereocenters. The highest BCUT2D eigenvalue weighted by Crippen LogP contribution is 2.22. The standard InChI is InChI=1S/C13H16ClN3S/c1-3-11(15-2)13-17-16-12(18-13)8-9-5-4-6-10(14)7-9/h4-7,11,15H,3,8H2,1-2H3. The molecule has 0 aliphatic rings. The molecule has 1 heterocycles. The molecular weight excluding hydrogens is 266 g/mol. The third-order valence-electron chi connectivity index (χ3n) is 2.78. The second-order valence-electron chi connectivity index (χ2n) is 4.09. The van der Waals surface area contributed by atoms with E-state index >= 15 is 0 Å². The van der Waals surface area contributed by atoms with Crippen LogP contribution in [0, 0.1) is 0 Å². The van der Waals surface area contributed by atoms with Gasteiger partial charge in [-0.3, -0.25) is 0 Å². The Kier molecular flexibility index (Phi) is 4.69. The van der Waals surface area contributed by atoms with Gasteiger partial charge in [0, 0.05) is 11.4 Å². The maximum absolute atomic E-state index is 5.97. The quantitative estimate of drug-likeness (QED) is 0.912. The van der Waals surface area contributed by atoms with E-state index in [1.807, 2.05) is 25.2 Å². The Morgan fingerprint density at radius 1 is 1.39 bits per heavy atom. The lowest BCUT2D eigenvalue weighted by Crippen LogP contribution is -2.14. The van der Waals surface area contributed by atoms with E-state index in [4.69, 9.17) is 11.6 Å². The van der Waals surface area contributed by atoms with Crippen LogP contribution in [0.15, 0.2) is 24.3 Å². The molecule has 0 bridgehead atoms. The van der Waals surface area contributed by atoms with Crippen molar-refractivity contribution >= 4 is 22.9 Å². The molecule has 18 heavy (non-hydrogen) atoms. The number of nitrogens with zero attached hydrogens (tertiary/aromatic N) is 2. The van der Waals surface area contributed by atoms with Crippen LogP contribution in [-0.2, 0) is 6.42 Å². The fraction of sp³-hybridized carbons (Fsp3) is 0.385. The van der Waals surface area contributed by atoms with Crippen LogP contribution in [0.1, 0.15) is 35.0 Å². The van der Waals surface area contributed by atoms with Gasteiger partial charge < -0.3 is 5.32 Å². The molecule has 0 amide bonds. The fourth-order valence-electron chi connectivity index (χ4n) is 1.80. The van der Waals surface area contributed by atoms with Crippen molar-refractivity contribution in [3.8, 4) is 0 Å². The van der Waals surface area contributed by atoms with Crippen molar-refractivity contribution in [2.24, 2.45) is 0 Å². The van der Waals surface area contributed by atoms with Crippen molar-refractivity contribution in [1.29, 1.82) is 0 Å². The number of benzene rings is 1. The fourth-order valence-corrected chi connectivity index (χ4v) is 3.09. The average Bonchev–Trinajstić information content (AvgIpc) is 2.79. The predicted molar refractivity (Wildman–Crippen MR) is 76.3 cm³/mol. The van der Waals surface area contributed by atoms with Gasteiger partial charge in [-0.1, -0.05) is 42.0 Å². The molecule has 3 nitrogen and oxygen atoms in total. The summed E-state index contributed by atoms with van der Waals surface area (Å²) < 4.78 is 0. The lowest BCUT2D eigenvalue weighted by Gasteiger charge is -2.08. The highest BCUT2D eigenvalue weighted by molar-refractivity contribution is 7.11. The lowest BCUT2D eigenvalue weighted by molar-refractivity contribution is 0.568. The third kappa shape index (κ3) is 3.28. The van der Waals surface area contributed by atoms with E-state index in [-0.39, 0.29) is 0 Å². The Hall–Kier alpha value is -0.970. The molecule has 0 saturated carbocycles. The van der Waals surface area contributed by atoms with Gasteiger partial charge in [0.05, 0.1) is 6.04 Å². The molecule has 1 unspecified atom stereocenters. The molecule has 1 aromatic carbocycles. The second kappa shape index (κ2) is 6.27. The molecule has 1 aromatic heterocycles. The first-order valence-corrected chi connectivity index (χ1v) is 7.16. The van der Waals surface area contributed by atoms with E-state index in [1.165, 1.54) is 5.56 Å². The van der Waals surface area contributed by atoms with Crippen LogP contribution in [-0.4, -0.2) is 17.2 Å². The van der Waals surface area contributed by atoms with E-state index in [0.717, 1.165) is 27.9 Å². The SMILES string of the molecule is CCC(NC)c1nnc(Cc2cccc(Cl)c2)s1. The Morgan fingerprint density at radius 3 is 2.89 bits per heavy atom. The van der Waals surface area contributed by atoms with Gasteiger partial charge in [-0.2, -0.15) is 0 Å². The van der Waals surface area contributed by atoms with Crippen LogP contribution in [0.3, 0.4) is 0 Å². The van der Waals surface area contributed by atoms with Gasteiger partial charge in [0.2, 0.25) is 0 Å². The van der Waals surface area contributed by atoms with Crippen LogP contribution >= 0.6 is 22.9 Å². The zero-order valence-corrected chi connectivity index (χ0v) is 12.1. The predicted octanol–water partition coefficient (Wildman–Crippen LogP) is 3.45. The van der Waals surface area contributed by atoms with Crippen molar-refractivity contribution in [3.63, 3.8) is 0 Å². The van der Waals surface area contributed by atoms with Crippen LogP contribution in [0.25, 0.3) is 0 Å². The summed E-state index contributed by atoms with van der Waals surface area (Å²) in [5.74, 6) is 0. The number of aromatic nitrogens is 2. The summed E-state index contributed by atoms with van der Waals surface area (Å²) in [5.41, 5.74) is 1.17. The van der Waals surface area contributed by atoms with Crippen molar-refractivity contribution < 1.29 is 0 Å². The largest absolute Gasteiger partial charge is 0.311 e. The molecule has 0 fully saturated rings. The zero-order valence-electron chi connectivity index (χ0n) is 10.5. The van der Waals surface area contributed by atoms with E-state index in [2.05, 4.69) is 28.5 Å². The van der Waals surface area contributed by atoms with Gasteiger partial charge >= 0.3 is 0 Å². The minimum Gasteiger partial charge on any atom is -0.311 e. The summed E-state index contributed by atoms with van der Waals surface area (Å²) in [6.07, 6.45) is 1.81. The lowest BCUT2D eigenvalue weighted by atomic mass is 10.2. The highest BCUT2D eigenvalue weighted by atomic mass is 35.5. The smallest absolute Gasteiger partial charge is 0.134 e. The Morgan fingerprint density at radius 2 is 2.22 bits per heavy atom. The number of hydrogen-bond acceptors (Lipinski definition) is 4. The van der Waals surface area contributed by atoms with Crippen LogP contribution < -0.4 is 5.32 Å². The molecule has 2 rings (SSSR count). The number of nitrogens with one attached hydrogen (secondary N) is 1. The molecule has 0 spiro atoms. The topological polar surface area (TPSA) is 37.8 Å². The van der Waals surface area contributed by atoms with Crippen LogP contribution in [0.4, 0.5) is 0 Å². The zero-order chi connectivity index (χ0) is 13.0. The van der Waals surface area contributed by atoms with Gasteiger partial charge in [0.15, 0.2) is 0 Å². The van der Waals surface area contributed by atoms with E-state index in [9.17, 15) is 0 Å². The first-order chi connectivity index (χ1) is 8.72. The van der Waals surface area contributed by atoms with E-state index in [0.29, 0.717) is 6.04 Å². The van der Waals surface area contributed by atoms with Gasteiger partial charge in [-0.05, 0) is 31.2 Å². The second-order valence-corrected chi connectivity index (χ2v) is 5.62. The van der Waals surface area contributed by atoms with E-state index in [1.54, 1.807) is 11.3 Å². The number of rotatable bonds is 5. The van der Waals surface area contributed by atoms with Crippen molar-refractivity contribution in [1.82, 2.24) is 15.5 Å². The average molecular weight is 282 g/mol. The molecule has 1 N–H and O–H groups in total. The van der Waals surface area contributed by atoms with Gasteiger partial charge in [0.1, 0.15) is 10.0 Å². The highest BCUT2D eigenvalue weighted by Gasteiger charge is 2.13. The number of halogens is 1. The molecule has 0 saturated heterocycles. The minimum absolute atomic E-state index is 0.301. The molecular formula is C13H16ClN3S. The molecule has 2 aromatic rings. The maximum atomic E-state index is 5.97. The molecule has 5 heteroatoms. The number of hydrogen-bond donors (Lipinski definition) is 1. The summed E-state index contributed by atoms with van der Waals surface area (Å²) in [6.45, 7) is 2.14. The van der Waals surface area contributed by atoms with E-state index < -0.39 is 0 Å². The molecule has 96 valence electrons. The first kappa shape index (κ1) is 13.5. The third-order valence-corrected chi connectivity index (χ3v) is 4.05. The molecule has 0 aliphatic carbocycles. The summed E-state index contributed by atoms with van der Waals surface area (Å²) in [4.78, 5) is 0. The first-order valence-electron chi connectivity index (χ1n) is 5.97. The van der Waals surface area contributed by atoms with Gasteiger partial charge in [-0.15, -0.1) is 10.2 Å². The van der Waals surface area contributed by atoms with Gasteiger partial charge in [-0.25, -0.2) is 0 Å².